The van der Waals surface area contributed by atoms with Crippen LogP contribution in [-0.4, -0.2) is 8.42 Å². The Morgan fingerprint density at radius 3 is 1.92 bits per heavy atom. The molecule has 5 nitrogen and oxygen atoms in total. The van der Waals surface area contributed by atoms with Crippen LogP contribution in [0.25, 0.3) is 0 Å². The molecule has 0 aliphatic heterocycles. The van der Waals surface area contributed by atoms with E-state index < -0.39 is 10.0 Å². The normalized spacial score (nSPS) is 11.4. The van der Waals surface area contributed by atoms with Crippen molar-refractivity contribution in [2.45, 2.75) is 17.9 Å². The minimum Gasteiger partial charge on any atom is -0.399 e. The minimum absolute atomic E-state index is 0.164. The van der Waals surface area contributed by atoms with Crippen molar-refractivity contribution >= 4 is 21.4 Å². The van der Waals surface area contributed by atoms with Gasteiger partial charge in [-0.05, 0) is 53.4 Å². The fraction of sp³-hybridized carbons (Fsp3) is 0.100. The third kappa shape index (κ3) is 4.62. The first-order valence-electron chi connectivity index (χ1n) is 8.20. The van der Waals surface area contributed by atoms with Gasteiger partial charge in [0, 0.05) is 17.9 Å². The Kier molecular flexibility index (Phi) is 5.25. The zero-order valence-corrected chi connectivity index (χ0v) is 15.0. The summed E-state index contributed by atoms with van der Waals surface area (Å²) >= 11 is 0. The predicted molar refractivity (Wildman–Crippen MR) is 105 cm³/mol. The molecule has 0 atom stereocenters. The molecule has 0 heterocycles. The van der Waals surface area contributed by atoms with Crippen LogP contribution in [0.5, 0.6) is 0 Å². The SMILES string of the molecule is Nc1ccc(Cc2ccc(CNS(=O)(=O)c3cccc(N)c3)cc2)cc1. The van der Waals surface area contributed by atoms with Crippen LogP contribution in [0.1, 0.15) is 16.7 Å². The smallest absolute Gasteiger partial charge is 0.240 e. The van der Waals surface area contributed by atoms with Crippen LogP contribution < -0.4 is 16.2 Å². The van der Waals surface area contributed by atoms with Crippen molar-refractivity contribution < 1.29 is 8.42 Å². The summed E-state index contributed by atoms with van der Waals surface area (Å²) in [7, 11) is -3.59. The number of nitrogen functional groups attached to an aromatic ring is 2. The topological polar surface area (TPSA) is 98.2 Å². The van der Waals surface area contributed by atoms with Gasteiger partial charge in [0.15, 0.2) is 0 Å². The summed E-state index contributed by atoms with van der Waals surface area (Å²) in [5.74, 6) is 0. The lowest BCUT2D eigenvalue weighted by Crippen LogP contribution is -2.23. The van der Waals surface area contributed by atoms with Crippen LogP contribution >= 0.6 is 0 Å². The quantitative estimate of drug-likeness (QED) is 0.583. The van der Waals surface area contributed by atoms with Gasteiger partial charge >= 0.3 is 0 Å². The van der Waals surface area contributed by atoms with Gasteiger partial charge in [-0.2, -0.15) is 0 Å². The molecular weight excluding hydrogens is 346 g/mol. The van der Waals surface area contributed by atoms with Crippen molar-refractivity contribution in [2.24, 2.45) is 0 Å². The second kappa shape index (κ2) is 7.59. The molecule has 0 aliphatic carbocycles. The molecule has 3 aromatic carbocycles. The number of anilines is 2. The summed E-state index contributed by atoms with van der Waals surface area (Å²) in [6, 6.07) is 21.9. The Balaban J connectivity index is 1.63. The van der Waals surface area contributed by atoms with Crippen LogP contribution in [-0.2, 0) is 23.0 Å². The molecule has 0 aromatic heterocycles. The fourth-order valence-electron chi connectivity index (χ4n) is 2.59. The standard InChI is InChI=1S/C20H21N3O2S/c21-18-10-8-16(9-11-18)12-15-4-6-17(7-5-15)14-23-26(24,25)20-3-1-2-19(22)13-20/h1-11,13,23H,12,14,21-22H2. The molecule has 3 aromatic rings. The molecular formula is C20H21N3O2S. The highest BCUT2D eigenvalue weighted by Crippen LogP contribution is 2.15. The maximum absolute atomic E-state index is 12.3. The van der Waals surface area contributed by atoms with Crippen LogP contribution in [0.3, 0.4) is 0 Å². The zero-order chi connectivity index (χ0) is 18.6. The maximum atomic E-state index is 12.3. The summed E-state index contributed by atoms with van der Waals surface area (Å²) in [5.41, 5.74) is 15.7. The Labute approximate surface area is 153 Å². The minimum atomic E-state index is -3.59. The largest absolute Gasteiger partial charge is 0.399 e. The van der Waals surface area contributed by atoms with Gasteiger partial charge in [-0.25, -0.2) is 13.1 Å². The van der Waals surface area contributed by atoms with E-state index in [4.69, 9.17) is 11.5 Å². The van der Waals surface area contributed by atoms with Crippen LogP contribution in [0.2, 0.25) is 0 Å². The molecule has 0 saturated heterocycles. The molecule has 0 aliphatic rings. The van der Waals surface area contributed by atoms with E-state index in [0.717, 1.165) is 23.2 Å². The van der Waals surface area contributed by atoms with E-state index in [9.17, 15) is 8.42 Å². The number of nitrogens with two attached hydrogens (primary N) is 2. The third-order valence-electron chi connectivity index (χ3n) is 4.05. The van der Waals surface area contributed by atoms with E-state index in [1.165, 1.54) is 17.7 Å². The molecule has 134 valence electrons. The Morgan fingerprint density at radius 2 is 1.31 bits per heavy atom. The van der Waals surface area contributed by atoms with Gasteiger partial charge in [-0.1, -0.05) is 42.5 Å². The lowest BCUT2D eigenvalue weighted by Gasteiger charge is -2.08. The first kappa shape index (κ1) is 18.0. The average molecular weight is 367 g/mol. The molecule has 0 amide bonds. The summed E-state index contributed by atoms with van der Waals surface area (Å²) in [5, 5.41) is 0. The summed E-state index contributed by atoms with van der Waals surface area (Å²) in [6.07, 6.45) is 0.801. The molecule has 0 saturated carbocycles. The van der Waals surface area contributed by atoms with Crippen molar-refractivity contribution in [3.8, 4) is 0 Å². The molecule has 6 heteroatoms. The Hall–Kier alpha value is -2.83. The van der Waals surface area contributed by atoms with Crippen molar-refractivity contribution in [1.29, 1.82) is 0 Å². The number of benzene rings is 3. The van der Waals surface area contributed by atoms with Crippen molar-refractivity contribution in [1.82, 2.24) is 4.72 Å². The highest BCUT2D eigenvalue weighted by molar-refractivity contribution is 7.89. The van der Waals surface area contributed by atoms with Gasteiger partial charge in [0.2, 0.25) is 10.0 Å². The highest BCUT2D eigenvalue weighted by Gasteiger charge is 2.13. The monoisotopic (exact) mass is 367 g/mol. The first-order valence-corrected chi connectivity index (χ1v) is 9.68. The Morgan fingerprint density at radius 1 is 0.731 bits per heavy atom. The zero-order valence-electron chi connectivity index (χ0n) is 14.2. The Bertz CT molecular complexity index is 982. The molecule has 26 heavy (non-hydrogen) atoms. The first-order chi connectivity index (χ1) is 12.4. The van der Waals surface area contributed by atoms with E-state index in [-0.39, 0.29) is 11.4 Å². The molecule has 0 radical (unpaired) electrons. The fourth-order valence-corrected chi connectivity index (χ4v) is 3.66. The van der Waals surface area contributed by atoms with Gasteiger partial charge in [-0.3, -0.25) is 0 Å². The summed E-state index contributed by atoms with van der Waals surface area (Å²) < 4.78 is 27.2. The number of hydrogen-bond acceptors (Lipinski definition) is 4. The van der Waals surface area contributed by atoms with Gasteiger partial charge in [0.05, 0.1) is 4.90 Å². The lowest BCUT2D eigenvalue weighted by molar-refractivity contribution is 0.581. The number of sulfonamides is 1. The number of rotatable bonds is 6. The van der Waals surface area contributed by atoms with Crippen molar-refractivity contribution in [3.63, 3.8) is 0 Å². The van der Waals surface area contributed by atoms with E-state index in [1.54, 1.807) is 12.1 Å². The third-order valence-corrected chi connectivity index (χ3v) is 5.44. The molecule has 3 rings (SSSR count). The van der Waals surface area contributed by atoms with E-state index in [2.05, 4.69) is 4.72 Å². The lowest BCUT2D eigenvalue weighted by atomic mass is 10.0. The summed E-state index contributed by atoms with van der Waals surface area (Å²) in [4.78, 5) is 0.164. The van der Waals surface area contributed by atoms with Gasteiger partial charge in [0.1, 0.15) is 0 Å². The number of nitrogens with one attached hydrogen (secondary N) is 1. The van der Waals surface area contributed by atoms with Crippen LogP contribution in [0, 0.1) is 0 Å². The van der Waals surface area contributed by atoms with E-state index in [0.29, 0.717) is 5.69 Å². The molecule has 0 fully saturated rings. The average Bonchev–Trinajstić information content (AvgIpc) is 2.63. The predicted octanol–water partition coefficient (Wildman–Crippen LogP) is 2.92. The molecule has 0 bridgehead atoms. The van der Waals surface area contributed by atoms with E-state index >= 15 is 0 Å². The van der Waals surface area contributed by atoms with Crippen molar-refractivity contribution in [3.05, 3.63) is 89.5 Å². The molecule has 0 spiro atoms. The molecule has 5 N–H and O–H groups in total. The van der Waals surface area contributed by atoms with Gasteiger partial charge in [0.25, 0.3) is 0 Å². The second-order valence-corrected chi connectivity index (χ2v) is 7.90. The maximum Gasteiger partial charge on any atom is 0.240 e. The van der Waals surface area contributed by atoms with Crippen molar-refractivity contribution in [2.75, 3.05) is 11.5 Å². The van der Waals surface area contributed by atoms with Crippen LogP contribution in [0.4, 0.5) is 11.4 Å². The van der Waals surface area contributed by atoms with E-state index in [1.807, 2.05) is 48.5 Å². The second-order valence-electron chi connectivity index (χ2n) is 6.13. The summed E-state index contributed by atoms with van der Waals surface area (Å²) in [6.45, 7) is 0.222. The molecule has 0 unspecified atom stereocenters. The number of hydrogen-bond donors (Lipinski definition) is 3. The highest BCUT2D eigenvalue weighted by atomic mass is 32.2. The van der Waals surface area contributed by atoms with Gasteiger partial charge < -0.3 is 11.5 Å². The van der Waals surface area contributed by atoms with Crippen LogP contribution in [0.15, 0.2) is 77.7 Å². The van der Waals surface area contributed by atoms with Gasteiger partial charge in [-0.15, -0.1) is 0 Å².